The van der Waals surface area contributed by atoms with Gasteiger partial charge in [-0.1, -0.05) is 23.7 Å². The van der Waals surface area contributed by atoms with Gasteiger partial charge < -0.3 is 15.4 Å². The van der Waals surface area contributed by atoms with Crippen LogP contribution in [0.2, 0.25) is 5.02 Å². The molecular formula is C12H19ClN2O. The van der Waals surface area contributed by atoms with Crippen LogP contribution in [0.4, 0.5) is 0 Å². The van der Waals surface area contributed by atoms with Crippen LogP contribution in [0, 0.1) is 0 Å². The lowest BCUT2D eigenvalue weighted by molar-refractivity contribution is 0.259. The van der Waals surface area contributed by atoms with Gasteiger partial charge in [-0.2, -0.15) is 0 Å². The predicted molar refractivity (Wildman–Crippen MR) is 68.3 cm³/mol. The highest BCUT2D eigenvalue weighted by Crippen LogP contribution is 2.28. The summed E-state index contributed by atoms with van der Waals surface area (Å²) in [6, 6.07) is 5.77. The van der Waals surface area contributed by atoms with Gasteiger partial charge >= 0.3 is 0 Å². The molecule has 0 radical (unpaired) electrons. The summed E-state index contributed by atoms with van der Waals surface area (Å²) < 4.78 is 5.70. The maximum Gasteiger partial charge on any atom is 0.141 e. The van der Waals surface area contributed by atoms with E-state index in [1.165, 1.54) is 0 Å². The summed E-state index contributed by atoms with van der Waals surface area (Å²) in [5, 5.41) is 0.657. The molecule has 0 aliphatic rings. The molecule has 0 bridgehead atoms. The van der Waals surface area contributed by atoms with Crippen LogP contribution in [0.3, 0.4) is 0 Å². The van der Waals surface area contributed by atoms with Gasteiger partial charge in [0, 0.05) is 6.54 Å². The van der Waals surface area contributed by atoms with Crippen molar-refractivity contribution in [3.8, 4) is 5.75 Å². The van der Waals surface area contributed by atoms with E-state index in [4.69, 9.17) is 22.1 Å². The number of halogens is 1. The number of para-hydroxylation sites is 1. The molecule has 1 aromatic rings. The first kappa shape index (κ1) is 13.3. The van der Waals surface area contributed by atoms with Gasteiger partial charge in [0.25, 0.3) is 0 Å². The van der Waals surface area contributed by atoms with Crippen molar-refractivity contribution >= 4 is 11.6 Å². The number of hydrogen-bond donors (Lipinski definition) is 1. The van der Waals surface area contributed by atoms with Crippen molar-refractivity contribution in [2.75, 3.05) is 33.8 Å². The Labute approximate surface area is 102 Å². The lowest BCUT2D eigenvalue weighted by Crippen LogP contribution is -2.20. The minimum absolute atomic E-state index is 0.602. The number of nitrogens with zero attached hydrogens (tertiary/aromatic N) is 1. The van der Waals surface area contributed by atoms with Gasteiger partial charge in [0.1, 0.15) is 12.4 Å². The topological polar surface area (TPSA) is 38.5 Å². The van der Waals surface area contributed by atoms with Crippen molar-refractivity contribution in [1.82, 2.24) is 4.90 Å². The molecule has 0 atom stereocenters. The second kappa shape index (κ2) is 6.74. The zero-order valence-electron chi connectivity index (χ0n) is 9.87. The lowest BCUT2D eigenvalue weighted by Gasteiger charge is -2.15. The molecule has 3 nitrogen and oxygen atoms in total. The third-order valence-corrected chi connectivity index (χ3v) is 2.54. The molecule has 1 aromatic carbocycles. The molecular weight excluding hydrogens is 224 g/mol. The summed E-state index contributed by atoms with van der Waals surface area (Å²) in [5.41, 5.74) is 6.63. The molecule has 0 aliphatic heterocycles. The average Bonchev–Trinajstić information content (AvgIpc) is 2.22. The molecule has 2 N–H and O–H groups in total. The number of hydrogen-bond acceptors (Lipinski definition) is 3. The molecule has 0 unspecified atom stereocenters. The van der Waals surface area contributed by atoms with Crippen LogP contribution in [0.1, 0.15) is 5.56 Å². The summed E-state index contributed by atoms with van der Waals surface area (Å²) >= 11 is 6.10. The van der Waals surface area contributed by atoms with E-state index in [2.05, 4.69) is 4.90 Å². The van der Waals surface area contributed by atoms with Crippen LogP contribution in [0.25, 0.3) is 0 Å². The van der Waals surface area contributed by atoms with Gasteiger partial charge in [0.15, 0.2) is 0 Å². The van der Waals surface area contributed by atoms with Crippen molar-refractivity contribution in [3.05, 3.63) is 28.8 Å². The van der Waals surface area contributed by atoms with Crippen LogP contribution >= 0.6 is 11.6 Å². The SMILES string of the molecule is CN(C)CCOc1c(Cl)cccc1CCN. The van der Waals surface area contributed by atoms with Gasteiger partial charge in [0.2, 0.25) is 0 Å². The van der Waals surface area contributed by atoms with E-state index in [1.807, 2.05) is 32.3 Å². The first-order valence-corrected chi connectivity index (χ1v) is 5.78. The first-order valence-electron chi connectivity index (χ1n) is 5.40. The zero-order valence-corrected chi connectivity index (χ0v) is 10.6. The summed E-state index contributed by atoms with van der Waals surface area (Å²) in [5.74, 6) is 0.775. The second-order valence-corrected chi connectivity index (χ2v) is 4.33. The smallest absolute Gasteiger partial charge is 0.141 e. The molecule has 0 spiro atoms. The number of nitrogens with two attached hydrogens (primary N) is 1. The van der Waals surface area contributed by atoms with Gasteiger partial charge in [-0.3, -0.25) is 0 Å². The molecule has 0 heterocycles. The number of ether oxygens (including phenoxy) is 1. The number of likely N-dealkylation sites (N-methyl/N-ethyl adjacent to an activating group) is 1. The minimum atomic E-state index is 0.602. The summed E-state index contributed by atoms with van der Waals surface area (Å²) in [6.07, 6.45) is 0.790. The maximum absolute atomic E-state index is 6.10. The lowest BCUT2D eigenvalue weighted by atomic mass is 10.1. The summed E-state index contributed by atoms with van der Waals surface area (Å²) in [6.45, 7) is 2.10. The Kier molecular flexibility index (Phi) is 5.60. The Morgan fingerprint density at radius 1 is 1.38 bits per heavy atom. The highest BCUT2D eigenvalue weighted by molar-refractivity contribution is 6.32. The van der Waals surface area contributed by atoms with E-state index in [1.54, 1.807) is 0 Å². The standard InChI is InChI=1S/C12H19ClN2O/c1-15(2)8-9-16-12-10(6-7-14)4-3-5-11(12)13/h3-5H,6-9,14H2,1-2H3. The van der Waals surface area contributed by atoms with Crippen LogP contribution < -0.4 is 10.5 Å². The molecule has 0 aliphatic carbocycles. The van der Waals surface area contributed by atoms with E-state index in [9.17, 15) is 0 Å². The summed E-state index contributed by atoms with van der Waals surface area (Å²) in [4.78, 5) is 2.07. The van der Waals surface area contributed by atoms with Crippen molar-refractivity contribution in [2.24, 2.45) is 5.73 Å². The highest BCUT2D eigenvalue weighted by atomic mass is 35.5. The van der Waals surface area contributed by atoms with Crippen LogP contribution in [-0.4, -0.2) is 38.7 Å². The Balaban J connectivity index is 2.68. The Morgan fingerprint density at radius 3 is 2.75 bits per heavy atom. The zero-order chi connectivity index (χ0) is 12.0. The third kappa shape index (κ3) is 4.00. The normalized spacial score (nSPS) is 10.8. The van der Waals surface area contributed by atoms with Gasteiger partial charge in [-0.15, -0.1) is 0 Å². The predicted octanol–water partition coefficient (Wildman–Crippen LogP) is 1.78. The third-order valence-electron chi connectivity index (χ3n) is 2.25. The fourth-order valence-electron chi connectivity index (χ4n) is 1.40. The molecule has 0 saturated carbocycles. The first-order chi connectivity index (χ1) is 7.65. The summed E-state index contributed by atoms with van der Waals surface area (Å²) in [7, 11) is 4.02. The Morgan fingerprint density at radius 2 is 2.12 bits per heavy atom. The van der Waals surface area contributed by atoms with E-state index in [0.717, 1.165) is 24.3 Å². The molecule has 0 saturated heterocycles. The number of benzene rings is 1. The molecule has 90 valence electrons. The maximum atomic E-state index is 6.10. The quantitative estimate of drug-likeness (QED) is 0.827. The van der Waals surface area contributed by atoms with Crippen molar-refractivity contribution in [3.63, 3.8) is 0 Å². The number of rotatable bonds is 6. The van der Waals surface area contributed by atoms with E-state index >= 15 is 0 Å². The van der Waals surface area contributed by atoms with Crippen molar-refractivity contribution in [2.45, 2.75) is 6.42 Å². The molecule has 1 rings (SSSR count). The fourth-order valence-corrected chi connectivity index (χ4v) is 1.65. The van der Waals surface area contributed by atoms with E-state index in [-0.39, 0.29) is 0 Å². The van der Waals surface area contributed by atoms with Gasteiger partial charge in [0.05, 0.1) is 5.02 Å². The monoisotopic (exact) mass is 242 g/mol. The molecule has 0 aromatic heterocycles. The highest BCUT2D eigenvalue weighted by Gasteiger charge is 2.07. The second-order valence-electron chi connectivity index (χ2n) is 3.92. The Bertz CT molecular complexity index is 329. The van der Waals surface area contributed by atoms with Crippen LogP contribution in [0.5, 0.6) is 5.75 Å². The average molecular weight is 243 g/mol. The van der Waals surface area contributed by atoms with Gasteiger partial charge in [-0.25, -0.2) is 0 Å². The molecule has 0 fully saturated rings. The van der Waals surface area contributed by atoms with Crippen LogP contribution in [-0.2, 0) is 6.42 Å². The minimum Gasteiger partial charge on any atom is -0.490 e. The molecule has 4 heteroatoms. The molecule has 0 amide bonds. The molecule has 16 heavy (non-hydrogen) atoms. The fraction of sp³-hybridized carbons (Fsp3) is 0.500. The van der Waals surface area contributed by atoms with Crippen LogP contribution in [0.15, 0.2) is 18.2 Å². The van der Waals surface area contributed by atoms with Crippen molar-refractivity contribution in [1.29, 1.82) is 0 Å². The van der Waals surface area contributed by atoms with E-state index < -0.39 is 0 Å². The van der Waals surface area contributed by atoms with Crippen molar-refractivity contribution < 1.29 is 4.74 Å². The van der Waals surface area contributed by atoms with E-state index in [0.29, 0.717) is 18.2 Å². The Hall–Kier alpha value is -0.770. The van der Waals surface area contributed by atoms with Gasteiger partial charge in [-0.05, 0) is 38.7 Å². The largest absolute Gasteiger partial charge is 0.490 e.